The lowest BCUT2D eigenvalue weighted by Gasteiger charge is -2.50. The molecule has 0 amide bonds. The Balaban J connectivity index is 2.26. The molecule has 0 bridgehead atoms. The molecule has 1 saturated heterocycles. The minimum Gasteiger partial charge on any atom is -0.329 e. The molecule has 14 heavy (non-hydrogen) atoms. The van der Waals surface area contributed by atoms with Gasteiger partial charge in [-0.05, 0) is 38.9 Å². The third-order valence-electron chi connectivity index (χ3n) is 3.40. The number of likely N-dealkylation sites (tertiary alicyclic amines) is 1. The lowest BCUT2D eigenvalue weighted by atomic mass is 9.74. The Labute approximate surface area is 88.2 Å². The molecule has 0 radical (unpaired) electrons. The molecule has 1 fully saturated rings. The molecule has 1 rings (SSSR count). The largest absolute Gasteiger partial charge is 0.329 e. The predicted octanol–water partition coefficient (Wildman–Crippen LogP) is 0.609. The highest BCUT2D eigenvalue weighted by Crippen LogP contribution is 2.36. The normalized spacial score (nSPS) is 21.2. The maximum Gasteiger partial charge on any atom is 0.0105 e. The maximum atomic E-state index is 5.54. The van der Waals surface area contributed by atoms with Crippen molar-refractivity contribution in [3.8, 4) is 0 Å². The van der Waals surface area contributed by atoms with Gasteiger partial charge in [0, 0.05) is 26.2 Å². The first-order chi connectivity index (χ1) is 6.62. The SMILES string of the molecule is CCC1(CCN(C)C)CN(CCN)C1. The predicted molar refractivity (Wildman–Crippen MR) is 61.4 cm³/mol. The van der Waals surface area contributed by atoms with E-state index in [1.54, 1.807) is 0 Å². The first-order valence-electron chi connectivity index (χ1n) is 5.69. The zero-order valence-electron chi connectivity index (χ0n) is 9.92. The Morgan fingerprint density at radius 3 is 2.43 bits per heavy atom. The zero-order chi connectivity index (χ0) is 10.6. The molecule has 0 saturated carbocycles. The van der Waals surface area contributed by atoms with Gasteiger partial charge in [0.05, 0.1) is 0 Å². The van der Waals surface area contributed by atoms with Crippen LogP contribution in [-0.2, 0) is 0 Å². The number of rotatable bonds is 6. The summed E-state index contributed by atoms with van der Waals surface area (Å²) in [6.07, 6.45) is 2.64. The van der Waals surface area contributed by atoms with E-state index in [1.165, 1.54) is 32.5 Å². The van der Waals surface area contributed by atoms with Crippen molar-refractivity contribution >= 4 is 0 Å². The first-order valence-corrected chi connectivity index (χ1v) is 5.69. The van der Waals surface area contributed by atoms with Crippen LogP contribution in [0.3, 0.4) is 0 Å². The summed E-state index contributed by atoms with van der Waals surface area (Å²) in [6.45, 7) is 7.92. The van der Waals surface area contributed by atoms with E-state index in [9.17, 15) is 0 Å². The van der Waals surface area contributed by atoms with Gasteiger partial charge in [-0.1, -0.05) is 6.92 Å². The van der Waals surface area contributed by atoms with Gasteiger partial charge in [-0.25, -0.2) is 0 Å². The molecule has 0 atom stereocenters. The van der Waals surface area contributed by atoms with E-state index in [4.69, 9.17) is 5.73 Å². The van der Waals surface area contributed by atoms with Crippen LogP contribution in [0.2, 0.25) is 0 Å². The van der Waals surface area contributed by atoms with Gasteiger partial charge < -0.3 is 15.5 Å². The molecule has 3 nitrogen and oxygen atoms in total. The second-order valence-electron chi connectivity index (χ2n) is 4.91. The Morgan fingerprint density at radius 1 is 1.36 bits per heavy atom. The fourth-order valence-corrected chi connectivity index (χ4v) is 2.26. The average molecular weight is 199 g/mol. The molecule has 1 heterocycles. The Hall–Kier alpha value is -0.120. The van der Waals surface area contributed by atoms with Crippen LogP contribution in [-0.4, -0.2) is 56.6 Å². The molecule has 0 aromatic carbocycles. The highest BCUT2D eigenvalue weighted by atomic mass is 15.2. The van der Waals surface area contributed by atoms with Crippen molar-refractivity contribution in [2.24, 2.45) is 11.1 Å². The smallest absolute Gasteiger partial charge is 0.0105 e. The summed E-state index contributed by atoms with van der Waals surface area (Å²) in [5.74, 6) is 0. The van der Waals surface area contributed by atoms with E-state index in [0.29, 0.717) is 5.41 Å². The summed E-state index contributed by atoms with van der Waals surface area (Å²) < 4.78 is 0. The van der Waals surface area contributed by atoms with Crippen molar-refractivity contribution in [1.29, 1.82) is 0 Å². The highest BCUT2D eigenvalue weighted by Gasteiger charge is 2.40. The molecule has 3 heteroatoms. The van der Waals surface area contributed by atoms with Crippen LogP contribution >= 0.6 is 0 Å². The van der Waals surface area contributed by atoms with Crippen LogP contribution in [0.4, 0.5) is 0 Å². The minimum atomic E-state index is 0.597. The van der Waals surface area contributed by atoms with Crippen LogP contribution in [0, 0.1) is 5.41 Å². The van der Waals surface area contributed by atoms with E-state index in [2.05, 4.69) is 30.8 Å². The van der Waals surface area contributed by atoms with Crippen molar-refractivity contribution in [2.75, 3.05) is 46.8 Å². The van der Waals surface area contributed by atoms with Gasteiger partial charge in [-0.3, -0.25) is 0 Å². The summed E-state index contributed by atoms with van der Waals surface area (Å²) >= 11 is 0. The molecule has 84 valence electrons. The fraction of sp³-hybridized carbons (Fsp3) is 1.00. The van der Waals surface area contributed by atoms with Gasteiger partial charge in [0.2, 0.25) is 0 Å². The lowest BCUT2D eigenvalue weighted by molar-refractivity contribution is -0.0113. The Kier molecular flexibility index (Phi) is 4.35. The summed E-state index contributed by atoms with van der Waals surface area (Å²) in [5, 5.41) is 0. The van der Waals surface area contributed by atoms with Gasteiger partial charge in [-0.2, -0.15) is 0 Å². The summed E-state index contributed by atoms with van der Waals surface area (Å²) in [4.78, 5) is 4.75. The number of hydrogen-bond donors (Lipinski definition) is 1. The van der Waals surface area contributed by atoms with Crippen LogP contribution in [0.1, 0.15) is 19.8 Å². The quantitative estimate of drug-likeness (QED) is 0.680. The minimum absolute atomic E-state index is 0.597. The van der Waals surface area contributed by atoms with Crippen molar-refractivity contribution in [3.05, 3.63) is 0 Å². The van der Waals surface area contributed by atoms with Gasteiger partial charge in [-0.15, -0.1) is 0 Å². The van der Waals surface area contributed by atoms with Gasteiger partial charge in [0.25, 0.3) is 0 Å². The monoisotopic (exact) mass is 199 g/mol. The summed E-state index contributed by atoms with van der Waals surface area (Å²) in [5.41, 5.74) is 6.14. The van der Waals surface area contributed by atoms with Crippen molar-refractivity contribution < 1.29 is 0 Å². The van der Waals surface area contributed by atoms with Crippen LogP contribution in [0.5, 0.6) is 0 Å². The molecule has 0 unspecified atom stereocenters. The number of nitrogens with two attached hydrogens (primary N) is 1. The molecule has 0 aromatic heterocycles. The third-order valence-corrected chi connectivity index (χ3v) is 3.40. The highest BCUT2D eigenvalue weighted by molar-refractivity contribution is 4.94. The molecule has 1 aliphatic heterocycles. The van der Waals surface area contributed by atoms with E-state index in [-0.39, 0.29) is 0 Å². The summed E-state index contributed by atoms with van der Waals surface area (Å²) in [6, 6.07) is 0. The second kappa shape index (κ2) is 5.10. The van der Waals surface area contributed by atoms with Gasteiger partial charge >= 0.3 is 0 Å². The second-order valence-corrected chi connectivity index (χ2v) is 4.91. The van der Waals surface area contributed by atoms with E-state index in [1.807, 2.05) is 0 Å². The van der Waals surface area contributed by atoms with Crippen molar-refractivity contribution in [3.63, 3.8) is 0 Å². The molecule has 2 N–H and O–H groups in total. The molecule has 0 spiro atoms. The topological polar surface area (TPSA) is 32.5 Å². The average Bonchev–Trinajstić information content (AvgIpc) is 2.08. The number of hydrogen-bond acceptors (Lipinski definition) is 3. The van der Waals surface area contributed by atoms with E-state index < -0.39 is 0 Å². The van der Waals surface area contributed by atoms with Gasteiger partial charge in [0.1, 0.15) is 0 Å². The molecular weight excluding hydrogens is 174 g/mol. The zero-order valence-corrected chi connectivity index (χ0v) is 9.92. The van der Waals surface area contributed by atoms with Gasteiger partial charge in [0.15, 0.2) is 0 Å². The molecule has 1 aliphatic rings. The lowest BCUT2D eigenvalue weighted by Crippen LogP contribution is -2.57. The standard InChI is InChI=1S/C11H25N3/c1-4-11(5-7-13(2)3)9-14(10-11)8-6-12/h4-10,12H2,1-3H3. The van der Waals surface area contributed by atoms with Crippen LogP contribution < -0.4 is 5.73 Å². The first kappa shape index (κ1) is 12.0. The Morgan fingerprint density at radius 2 is 2.00 bits per heavy atom. The van der Waals surface area contributed by atoms with Crippen LogP contribution in [0.15, 0.2) is 0 Å². The maximum absolute atomic E-state index is 5.54. The van der Waals surface area contributed by atoms with Crippen molar-refractivity contribution in [2.45, 2.75) is 19.8 Å². The third kappa shape index (κ3) is 2.94. The van der Waals surface area contributed by atoms with E-state index in [0.717, 1.165) is 13.1 Å². The molecular formula is C11H25N3. The van der Waals surface area contributed by atoms with Crippen LogP contribution in [0.25, 0.3) is 0 Å². The van der Waals surface area contributed by atoms with E-state index >= 15 is 0 Å². The number of nitrogens with zero attached hydrogens (tertiary/aromatic N) is 2. The fourth-order valence-electron chi connectivity index (χ4n) is 2.26. The van der Waals surface area contributed by atoms with Crippen molar-refractivity contribution in [1.82, 2.24) is 9.80 Å². The molecule has 0 aromatic rings. The summed E-state index contributed by atoms with van der Waals surface area (Å²) in [7, 11) is 4.30. The molecule has 0 aliphatic carbocycles. The Bertz CT molecular complexity index is 162.